The number of carbonyl (C=O) groups excluding carboxylic acids is 1. The van der Waals surface area contributed by atoms with Gasteiger partial charge in [-0.1, -0.05) is 42.5 Å². The summed E-state index contributed by atoms with van der Waals surface area (Å²) in [5.41, 5.74) is 2.96. The monoisotopic (exact) mass is 450 g/mol. The Labute approximate surface area is 188 Å². The van der Waals surface area contributed by atoms with Gasteiger partial charge >= 0.3 is 0 Å². The number of rotatable bonds is 7. The third-order valence-corrected chi connectivity index (χ3v) is 7.32. The number of hydrogen-bond acceptors (Lipinski definition) is 4. The van der Waals surface area contributed by atoms with Crippen molar-refractivity contribution in [1.29, 1.82) is 0 Å². The molecule has 0 aromatic heterocycles. The number of benzene rings is 3. The minimum atomic E-state index is -3.25. The predicted octanol–water partition coefficient (Wildman–Crippen LogP) is 4.14. The number of amides is 1. The molecule has 1 N–H and O–H groups in total. The van der Waals surface area contributed by atoms with Crippen molar-refractivity contribution in [3.63, 3.8) is 0 Å². The van der Waals surface area contributed by atoms with Crippen LogP contribution in [0.4, 0.5) is 5.69 Å². The van der Waals surface area contributed by atoms with Crippen molar-refractivity contribution in [3.05, 3.63) is 95.6 Å². The molecule has 7 heteroatoms. The van der Waals surface area contributed by atoms with E-state index in [0.717, 1.165) is 16.9 Å². The van der Waals surface area contributed by atoms with Gasteiger partial charge in [0.1, 0.15) is 5.75 Å². The van der Waals surface area contributed by atoms with Crippen LogP contribution >= 0.6 is 0 Å². The second-order valence-corrected chi connectivity index (χ2v) is 9.62. The van der Waals surface area contributed by atoms with Crippen LogP contribution in [0.25, 0.3) is 0 Å². The Bertz CT molecular complexity index is 1160. The summed E-state index contributed by atoms with van der Waals surface area (Å²) in [6.45, 7) is 3.00. The van der Waals surface area contributed by atoms with Gasteiger partial charge in [0.25, 0.3) is 5.91 Å². The summed E-state index contributed by atoms with van der Waals surface area (Å²) in [6.07, 6.45) is 0.616. The summed E-state index contributed by atoms with van der Waals surface area (Å²) in [5, 5.41) is 3.11. The van der Waals surface area contributed by atoms with E-state index in [2.05, 4.69) is 5.32 Å². The highest BCUT2D eigenvalue weighted by molar-refractivity contribution is 7.93. The normalized spacial score (nSPS) is 15.8. The zero-order chi connectivity index (χ0) is 22.6. The second-order valence-electron chi connectivity index (χ2n) is 7.61. The minimum Gasteiger partial charge on any atom is -0.494 e. The molecular weight excluding hydrogens is 424 g/mol. The van der Waals surface area contributed by atoms with Gasteiger partial charge in [-0.15, -0.1) is 0 Å². The summed E-state index contributed by atoms with van der Waals surface area (Å²) in [5.74, 6) is 0.709. The maximum atomic E-state index is 13.1. The van der Waals surface area contributed by atoms with Crippen LogP contribution in [0.5, 0.6) is 5.75 Å². The molecule has 0 bridgehead atoms. The van der Waals surface area contributed by atoms with Crippen molar-refractivity contribution in [1.82, 2.24) is 5.32 Å². The minimum absolute atomic E-state index is 0.163. The lowest BCUT2D eigenvalue weighted by atomic mass is 9.98. The van der Waals surface area contributed by atoms with Crippen molar-refractivity contribution in [2.24, 2.45) is 0 Å². The first-order valence-corrected chi connectivity index (χ1v) is 12.3. The van der Waals surface area contributed by atoms with Gasteiger partial charge < -0.3 is 10.1 Å². The molecule has 1 atom stereocenters. The van der Waals surface area contributed by atoms with Gasteiger partial charge in [0.15, 0.2) is 0 Å². The maximum Gasteiger partial charge on any atom is 0.252 e. The molecule has 1 aliphatic heterocycles. The van der Waals surface area contributed by atoms with E-state index in [1.54, 1.807) is 24.3 Å². The molecule has 32 heavy (non-hydrogen) atoms. The molecule has 1 amide bonds. The summed E-state index contributed by atoms with van der Waals surface area (Å²) in [6, 6.07) is 23.8. The number of nitrogens with one attached hydrogen (secondary N) is 1. The Hall–Kier alpha value is -3.32. The number of ether oxygens (including phenoxy) is 1. The van der Waals surface area contributed by atoms with Crippen LogP contribution in [-0.4, -0.2) is 33.2 Å². The summed E-state index contributed by atoms with van der Waals surface area (Å²) in [7, 11) is -3.25. The fourth-order valence-electron chi connectivity index (χ4n) is 3.85. The Morgan fingerprint density at radius 1 is 0.969 bits per heavy atom. The molecule has 1 saturated heterocycles. The standard InChI is InChI=1S/C25H26N2O4S/c1-2-31-23-15-11-20(12-16-23)24(19-7-4-3-5-8-19)26-25(28)21-9-13-22(14-10-21)27-17-6-18-32(27,29)30/h3-5,7-16,24H,2,6,17-18H2,1H3,(H,26,28). The van der Waals surface area contributed by atoms with E-state index in [1.165, 1.54) is 4.31 Å². The number of sulfonamides is 1. The van der Waals surface area contributed by atoms with Crippen molar-refractivity contribution in [2.45, 2.75) is 19.4 Å². The number of nitrogens with zero attached hydrogens (tertiary/aromatic N) is 1. The van der Waals surface area contributed by atoms with Crippen molar-refractivity contribution in [2.75, 3.05) is 23.2 Å². The van der Waals surface area contributed by atoms with Gasteiger partial charge in [0.2, 0.25) is 10.0 Å². The van der Waals surface area contributed by atoms with Crippen molar-refractivity contribution >= 4 is 21.6 Å². The first-order chi connectivity index (χ1) is 15.5. The highest BCUT2D eigenvalue weighted by Crippen LogP contribution is 2.26. The van der Waals surface area contributed by atoms with E-state index in [-0.39, 0.29) is 17.7 Å². The lowest BCUT2D eigenvalue weighted by Gasteiger charge is -2.21. The molecule has 1 unspecified atom stereocenters. The summed E-state index contributed by atoms with van der Waals surface area (Å²) < 4.78 is 31.2. The Morgan fingerprint density at radius 3 is 2.22 bits per heavy atom. The first-order valence-electron chi connectivity index (χ1n) is 10.7. The van der Waals surface area contributed by atoms with Crippen LogP contribution < -0.4 is 14.4 Å². The molecule has 1 heterocycles. The SMILES string of the molecule is CCOc1ccc(C(NC(=O)c2ccc(N3CCCS3(=O)=O)cc2)c2ccccc2)cc1. The maximum absolute atomic E-state index is 13.1. The zero-order valence-electron chi connectivity index (χ0n) is 17.9. The zero-order valence-corrected chi connectivity index (χ0v) is 18.7. The molecule has 4 rings (SSSR count). The van der Waals surface area contributed by atoms with E-state index >= 15 is 0 Å². The quantitative estimate of drug-likeness (QED) is 0.587. The van der Waals surface area contributed by atoms with E-state index in [9.17, 15) is 13.2 Å². The van der Waals surface area contributed by atoms with E-state index in [1.807, 2.05) is 61.5 Å². The fraction of sp³-hybridized carbons (Fsp3) is 0.240. The van der Waals surface area contributed by atoms with Gasteiger partial charge in [-0.25, -0.2) is 8.42 Å². The second kappa shape index (κ2) is 9.44. The highest BCUT2D eigenvalue weighted by atomic mass is 32.2. The van der Waals surface area contributed by atoms with Gasteiger partial charge in [-0.05, 0) is 60.9 Å². The molecule has 0 saturated carbocycles. The summed E-state index contributed by atoms with van der Waals surface area (Å²) in [4.78, 5) is 13.1. The lowest BCUT2D eigenvalue weighted by molar-refractivity contribution is 0.0943. The lowest BCUT2D eigenvalue weighted by Crippen LogP contribution is -2.29. The third-order valence-electron chi connectivity index (χ3n) is 5.45. The predicted molar refractivity (Wildman–Crippen MR) is 126 cm³/mol. The highest BCUT2D eigenvalue weighted by Gasteiger charge is 2.28. The third kappa shape index (κ3) is 4.78. The Morgan fingerprint density at radius 2 is 1.62 bits per heavy atom. The van der Waals surface area contributed by atoms with Gasteiger partial charge in [0.05, 0.1) is 24.1 Å². The van der Waals surface area contributed by atoms with E-state index in [0.29, 0.717) is 30.8 Å². The van der Waals surface area contributed by atoms with Crippen molar-refractivity contribution < 1.29 is 17.9 Å². The van der Waals surface area contributed by atoms with Gasteiger partial charge in [0, 0.05) is 12.1 Å². The molecular formula is C25H26N2O4S. The van der Waals surface area contributed by atoms with Gasteiger partial charge in [-0.2, -0.15) is 0 Å². The molecule has 1 aliphatic rings. The fourth-order valence-corrected chi connectivity index (χ4v) is 5.42. The van der Waals surface area contributed by atoms with Crippen LogP contribution in [0.3, 0.4) is 0 Å². The van der Waals surface area contributed by atoms with Crippen LogP contribution in [0, 0.1) is 0 Å². The summed E-state index contributed by atoms with van der Waals surface area (Å²) >= 11 is 0. The number of anilines is 1. The molecule has 3 aromatic carbocycles. The molecule has 3 aromatic rings. The number of hydrogen-bond donors (Lipinski definition) is 1. The van der Waals surface area contributed by atoms with Crippen LogP contribution in [0.2, 0.25) is 0 Å². The van der Waals surface area contributed by atoms with Crippen LogP contribution in [-0.2, 0) is 10.0 Å². The van der Waals surface area contributed by atoms with E-state index in [4.69, 9.17) is 4.74 Å². The molecule has 166 valence electrons. The molecule has 0 aliphatic carbocycles. The largest absolute Gasteiger partial charge is 0.494 e. The van der Waals surface area contributed by atoms with E-state index < -0.39 is 10.0 Å². The Kier molecular flexibility index (Phi) is 6.46. The smallest absolute Gasteiger partial charge is 0.252 e. The number of carbonyl (C=O) groups is 1. The van der Waals surface area contributed by atoms with Crippen LogP contribution in [0.1, 0.15) is 40.9 Å². The van der Waals surface area contributed by atoms with Crippen LogP contribution in [0.15, 0.2) is 78.9 Å². The first kappa shape index (κ1) is 21.9. The van der Waals surface area contributed by atoms with Crippen molar-refractivity contribution in [3.8, 4) is 5.75 Å². The Balaban J connectivity index is 1.56. The average molecular weight is 451 g/mol. The molecule has 6 nitrogen and oxygen atoms in total. The molecule has 0 radical (unpaired) electrons. The average Bonchev–Trinajstić information content (AvgIpc) is 3.18. The topological polar surface area (TPSA) is 75.7 Å². The molecule has 1 fully saturated rings. The van der Waals surface area contributed by atoms with Gasteiger partial charge in [-0.3, -0.25) is 9.10 Å². The molecule has 0 spiro atoms.